The van der Waals surface area contributed by atoms with Crippen molar-refractivity contribution in [3.8, 4) is 23.1 Å². The number of hydrogen-bond donors (Lipinski definition) is 1. The third kappa shape index (κ3) is 3.86. The van der Waals surface area contributed by atoms with E-state index in [2.05, 4.69) is 15.3 Å². The Balaban J connectivity index is 1.67. The van der Waals surface area contributed by atoms with Crippen LogP contribution in [0, 0.1) is 13.8 Å². The molecule has 3 heterocycles. The Bertz CT molecular complexity index is 1250. The second kappa shape index (κ2) is 8.39. The second-order valence-electron chi connectivity index (χ2n) is 7.15. The molecule has 0 aliphatic heterocycles. The van der Waals surface area contributed by atoms with E-state index in [1.807, 2.05) is 45.0 Å². The number of hydrogen-bond acceptors (Lipinski definition) is 7. The number of fused-ring (bicyclic) bond motifs is 1. The summed E-state index contributed by atoms with van der Waals surface area (Å²) in [7, 11) is 3.21. The van der Waals surface area contributed by atoms with Crippen molar-refractivity contribution in [1.82, 2.24) is 15.3 Å². The molecule has 0 spiro atoms. The van der Waals surface area contributed by atoms with Crippen LogP contribution in [-0.2, 0) is 0 Å². The van der Waals surface area contributed by atoms with Gasteiger partial charge in [0, 0.05) is 10.9 Å². The molecule has 160 valence electrons. The molecule has 1 amide bonds. The van der Waals surface area contributed by atoms with Gasteiger partial charge in [0.15, 0.2) is 11.6 Å². The highest BCUT2D eigenvalue weighted by Crippen LogP contribution is 2.34. The van der Waals surface area contributed by atoms with E-state index in [-0.39, 0.29) is 11.9 Å². The van der Waals surface area contributed by atoms with Crippen LogP contribution in [0.25, 0.3) is 21.8 Å². The predicted octanol–water partition coefficient (Wildman–Crippen LogP) is 5.08. The van der Waals surface area contributed by atoms with Crippen LogP contribution >= 0.6 is 11.3 Å². The molecule has 7 nitrogen and oxygen atoms in total. The van der Waals surface area contributed by atoms with E-state index in [0.717, 1.165) is 27.0 Å². The van der Waals surface area contributed by atoms with Gasteiger partial charge in [-0.15, -0.1) is 11.3 Å². The van der Waals surface area contributed by atoms with Crippen molar-refractivity contribution in [3.05, 3.63) is 58.3 Å². The molecule has 0 saturated heterocycles. The van der Waals surface area contributed by atoms with Crippen LogP contribution in [0.5, 0.6) is 11.5 Å². The van der Waals surface area contributed by atoms with E-state index >= 15 is 0 Å². The van der Waals surface area contributed by atoms with Crippen LogP contribution in [0.1, 0.15) is 39.5 Å². The molecule has 3 aromatic heterocycles. The minimum absolute atomic E-state index is 0.170. The summed E-state index contributed by atoms with van der Waals surface area (Å²) >= 11 is 1.35. The SMILES string of the molecule is COc1ccc(OC)c(C(C)NC(=O)c2sc3nc(-c4ccco4)nc(C)c3c2C)c1. The number of furan rings is 1. The number of aryl methyl sites for hydroxylation is 2. The topological polar surface area (TPSA) is 86.5 Å². The number of aromatic nitrogens is 2. The van der Waals surface area contributed by atoms with Gasteiger partial charge in [-0.25, -0.2) is 9.97 Å². The summed E-state index contributed by atoms with van der Waals surface area (Å²) in [5.41, 5.74) is 2.52. The number of nitrogens with zero attached hydrogens (tertiary/aromatic N) is 2. The normalized spacial score (nSPS) is 12.0. The summed E-state index contributed by atoms with van der Waals surface area (Å²) < 4.78 is 16.2. The standard InChI is InChI=1S/C23H23N3O4S/c1-12-19-14(3)24-21(18-7-6-10-30-18)26-23(19)31-20(12)22(27)25-13(2)16-11-15(28-4)8-9-17(16)29-5/h6-11,13H,1-5H3,(H,25,27). The minimum Gasteiger partial charge on any atom is -0.497 e. The summed E-state index contributed by atoms with van der Waals surface area (Å²) in [5.74, 6) is 2.33. The Morgan fingerprint density at radius 1 is 1.16 bits per heavy atom. The number of amides is 1. The van der Waals surface area contributed by atoms with Crippen LogP contribution in [0.4, 0.5) is 0 Å². The molecule has 1 unspecified atom stereocenters. The molecule has 0 saturated carbocycles. The highest BCUT2D eigenvalue weighted by atomic mass is 32.1. The number of carbonyl (C=O) groups excluding carboxylic acids is 1. The van der Waals surface area contributed by atoms with Gasteiger partial charge in [0.1, 0.15) is 16.3 Å². The first-order chi connectivity index (χ1) is 14.9. The molecule has 0 radical (unpaired) electrons. The monoisotopic (exact) mass is 437 g/mol. The lowest BCUT2D eigenvalue weighted by Gasteiger charge is -2.18. The lowest BCUT2D eigenvalue weighted by molar-refractivity contribution is 0.0943. The maximum Gasteiger partial charge on any atom is 0.262 e. The van der Waals surface area contributed by atoms with Gasteiger partial charge in [-0.1, -0.05) is 0 Å². The molecule has 0 aliphatic carbocycles. The summed E-state index contributed by atoms with van der Waals surface area (Å²) in [6.45, 7) is 5.76. The molecule has 4 aromatic rings. The number of thiophene rings is 1. The lowest BCUT2D eigenvalue weighted by Crippen LogP contribution is -2.26. The Labute approximate surface area is 184 Å². The van der Waals surface area contributed by atoms with Crippen LogP contribution < -0.4 is 14.8 Å². The highest BCUT2D eigenvalue weighted by molar-refractivity contribution is 7.20. The van der Waals surface area contributed by atoms with Crippen molar-refractivity contribution in [1.29, 1.82) is 0 Å². The van der Waals surface area contributed by atoms with Gasteiger partial charge >= 0.3 is 0 Å². The van der Waals surface area contributed by atoms with Crippen LogP contribution in [0.3, 0.4) is 0 Å². The fourth-order valence-corrected chi connectivity index (χ4v) is 4.72. The van der Waals surface area contributed by atoms with Crippen molar-refractivity contribution in [3.63, 3.8) is 0 Å². The number of benzene rings is 1. The third-order valence-electron chi connectivity index (χ3n) is 5.17. The zero-order valence-electron chi connectivity index (χ0n) is 18.0. The third-order valence-corrected chi connectivity index (χ3v) is 6.35. The van der Waals surface area contributed by atoms with Gasteiger partial charge in [-0.3, -0.25) is 4.79 Å². The van der Waals surface area contributed by atoms with Gasteiger partial charge in [0.05, 0.1) is 37.1 Å². The molecule has 8 heteroatoms. The van der Waals surface area contributed by atoms with Gasteiger partial charge in [-0.2, -0.15) is 0 Å². The smallest absolute Gasteiger partial charge is 0.262 e. The molecule has 4 rings (SSSR count). The lowest BCUT2D eigenvalue weighted by atomic mass is 10.1. The van der Waals surface area contributed by atoms with E-state index in [1.165, 1.54) is 11.3 Å². The number of methoxy groups -OCH3 is 2. The Hall–Kier alpha value is -3.39. The number of rotatable bonds is 6. The van der Waals surface area contributed by atoms with Crippen molar-refractivity contribution in [2.45, 2.75) is 26.8 Å². The first kappa shape index (κ1) is 20.9. The molecule has 1 atom stereocenters. The number of nitrogens with one attached hydrogen (secondary N) is 1. The van der Waals surface area contributed by atoms with Gasteiger partial charge in [0.2, 0.25) is 0 Å². The Kier molecular flexibility index (Phi) is 5.65. The van der Waals surface area contributed by atoms with Gasteiger partial charge < -0.3 is 19.2 Å². The fourth-order valence-electron chi connectivity index (χ4n) is 3.59. The first-order valence-corrected chi connectivity index (χ1v) is 10.6. The summed E-state index contributed by atoms with van der Waals surface area (Å²) in [5, 5.41) is 3.97. The molecular formula is C23H23N3O4S. The quantitative estimate of drug-likeness (QED) is 0.453. The molecule has 0 fully saturated rings. The zero-order valence-corrected chi connectivity index (χ0v) is 18.8. The van der Waals surface area contributed by atoms with E-state index in [0.29, 0.717) is 28.0 Å². The number of carbonyl (C=O) groups is 1. The first-order valence-electron chi connectivity index (χ1n) is 9.77. The molecule has 1 aromatic carbocycles. The predicted molar refractivity (Wildman–Crippen MR) is 120 cm³/mol. The van der Waals surface area contributed by atoms with Gasteiger partial charge in [0.25, 0.3) is 5.91 Å². The summed E-state index contributed by atoms with van der Waals surface area (Å²) in [4.78, 5) is 23.7. The van der Waals surface area contributed by atoms with Crippen LogP contribution in [0.15, 0.2) is 41.0 Å². The van der Waals surface area contributed by atoms with Crippen LogP contribution in [0.2, 0.25) is 0 Å². The summed E-state index contributed by atoms with van der Waals surface area (Å²) in [6.07, 6.45) is 1.59. The van der Waals surface area contributed by atoms with Crippen LogP contribution in [-0.4, -0.2) is 30.1 Å². The fraction of sp³-hybridized carbons (Fsp3) is 0.261. The molecule has 0 bridgehead atoms. The maximum atomic E-state index is 13.2. The highest BCUT2D eigenvalue weighted by Gasteiger charge is 2.22. The van der Waals surface area contributed by atoms with E-state index < -0.39 is 0 Å². The molecule has 31 heavy (non-hydrogen) atoms. The molecule has 0 aliphatic rings. The van der Waals surface area contributed by atoms with Crippen molar-refractivity contribution >= 4 is 27.5 Å². The number of ether oxygens (including phenoxy) is 2. The van der Waals surface area contributed by atoms with E-state index in [4.69, 9.17) is 13.9 Å². The van der Waals surface area contributed by atoms with E-state index in [9.17, 15) is 4.79 Å². The molecule has 1 N–H and O–H groups in total. The average Bonchev–Trinajstić information content (AvgIpc) is 3.41. The largest absolute Gasteiger partial charge is 0.497 e. The Morgan fingerprint density at radius 3 is 2.65 bits per heavy atom. The zero-order chi connectivity index (χ0) is 22.1. The summed E-state index contributed by atoms with van der Waals surface area (Å²) in [6, 6.07) is 8.85. The van der Waals surface area contributed by atoms with E-state index in [1.54, 1.807) is 26.5 Å². The Morgan fingerprint density at radius 2 is 1.97 bits per heavy atom. The van der Waals surface area contributed by atoms with Gasteiger partial charge in [-0.05, 0) is 56.7 Å². The maximum absolute atomic E-state index is 13.2. The minimum atomic E-state index is -0.284. The molecular weight excluding hydrogens is 414 g/mol. The van der Waals surface area contributed by atoms with Crippen molar-refractivity contribution < 1.29 is 18.7 Å². The van der Waals surface area contributed by atoms with Crippen molar-refractivity contribution in [2.75, 3.05) is 14.2 Å². The second-order valence-corrected chi connectivity index (χ2v) is 8.15. The van der Waals surface area contributed by atoms with Crippen molar-refractivity contribution in [2.24, 2.45) is 0 Å². The average molecular weight is 438 g/mol.